The van der Waals surface area contributed by atoms with Crippen molar-refractivity contribution in [3.8, 4) is 0 Å². The van der Waals surface area contributed by atoms with Crippen molar-refractivity contribution in [2.45, 2.75) is 6.54 Å². The van der Waals surface area contributed by atoms with E-state index in [0.717, 1.165) is 5.69 Å². The molecule has 4 nitrogen and oxygen atoms in total. The molecule has 0 unspecified atom stereocenters. The zero-order valence-electron chi connectivity index (χ0n) is 9.86. The zero-order valence-corrected chi connectivity index (χ0v) is 10.6. The van der Waals surface area contributed by atoms with Crippen LogP contribution in [-0.2, 0) is 11.3 Å². The molecule has 2 N–H and O–H groups in total. The number of aromatic amines is 1. The number of amides is 1. The third-order valence-electron chi connectivity index (χ3n) is 2.38. The Kier molecular flexibility index (Phi) is 4.30. The molecule has 0 fully saturated rings. The molecule has 0 atom stereocenters. The molecule has 1 heterocycles. The number of benzene rings is 1. The first-order valence-electron chi connectivity index (χ1n) is 5.53. The van der Waals surface area contributed by atoms with Gasteiger partial charge in [0.05, 0.1) is 23.6 Å². The van der Waals surface area contributed by atoms with E-state index in [1.165, 1.54) is 24.5 Å². The van der Waals surface area contributed by atoms with Crippen LogP contribution < -0.4 is 5.32 Å². The van der Waals surface area contributed by atoms with Crippen molar-refractivity contribution in [2.75, 3.05) is 0 Å². The van der Waals surface area contributed by atoms with Crippen LogP contribution >= 0.6 is 11.6 Å². The minimum Gasteiger partial charge on any atom is -0.347 e. The van der Waals surface area contributed by atoms with Crippen molar-refractivity contribution in [2.24, 2.45) is 0 Å². The summed E-state index contributed by atoms with van der Waals surface area (Å²) in [7, 11) is 0. The minimum atomic E-state index is -0.484. The van der Waals surface area contributed by atoms with Gasteiger partial charge >= 0.3 is 0 Å². The Morgan fingerprint density at radius 3 is 3.05 bits per heavy atom. The van der Waals surface area contributed by atoms with E-state index in [1.807, 2.05) is 0 Å². The second-order valence-electron chi connectivity index (χ2n) is 3.80. The number of rotatable bonds is 4. The van der Waals surface area contributed by atoms with Gasteiger partial charge in [0.2, 0.25) is 5.91 Å². The molecule has 0 bridgehead atoms. The summed E-state index contributed by atoms with van der Waals surface area (Å²) in [5.41, 5.74) is 1.47. The van der Waals surface area contributed by atoms with Gasteiger partial charge in [-0.3, -0.25) is 4.79 Å². The fourth-order valence-corrected chi connectivity index (χ4v) is 1.60. The van der Waals surface area contributed by atoms with Crippen LogP contribution in [0.4, 0.5) is 4.39 Å². The molecule has 0 spiro atoms. The molecule has 0 saturated heterocycles. The molecule has 0 aliphatic rings. The first-order valence-corrected chi connectivity index (χ1v) is 5.91. The van der Waals surface area contributed by atoms with Gasteiger partial charge < -0.3 is 10.3 Å². The molecule has 1 aromatic heterocycles. The summed E-state index contributed by atoms with van der Waals surface area (Å²) < 4.78 is 12.9. The van der Waals surface area contributed by atoms with Crippen LogP contribution in [0.3, 0.4) is 0 Å². The van der Waals surface area contributed by atoms with Crippen molar-refractivity contribution in [1.82, 2.24) is 15.3 Å². The second-order valence-corrected chi connectivity index (χ2v) is 4.21. The zero-order chi connectivity index (χ0) is 13.7. The van der Waals surface area contributed by atoms with Crippen LogP contribution in [0.5, 0.6) is 0 Å². The van der Waals surface area contributed by atoms with Crippen molar-refractivity contribution >= 4 is 23.6 Å². The molecular weight excluding hydrogens is 269 g/mol. The average molecular weight is 280 g/mol. The molecule has 19 heavy (non-hydrogen) atoms. The van der Waals surface area contributed by atoms with E-state index in [0.29, 0.717) is 12.1 Å². The normalized spacial score (nSPS) is 10.8. The average Bonchev–Trinajstić information content (AvgIpc) is 2.91. The van der Waals surface area contributed by atoms with Crippen LogP contribution in [-0.4, -0.2) is 15.9 Å². The number of carbonyl (C=O) groups is 1. The summed E-state index contributed by atoms with van der Waals surface area (Å²) >= 11 is 5.64. The molecule has 1 amide bonds. The third-order valence-corrected chi connectivity index (χ3v) is 2.67. The molecule has 2 aromatic rings. The summed E-state index contributed by atoms with van der Waals surface area (Å²) in [6, 6.07) is 4.25. The highest BCUT2D eigenvalue weighted by Gasteiger charge is 2.00. The molecular formula is C13H11ClFN3O. The lowest BCUT2D eigenvalue weighted by atomic mass is 10.2. The number of hydrogen-bond donors (Lipinski definition) is 2. The van der Waals surface area contributed by atoms with Crippen molar-refractivity contribution in [3.63, 3.8) is 0 Å². The molecule has 0 aliphatic carbocycles. The smallest absolute Gasteiger partial charge is 0.244 e. The van der Waals surface area contributed by atoms with Crippen molar-refractivity contribution < 1.29 is 9.18 Å². The van der Waals surface area contributed by atoms with Gasteiger partial charge in [0.25, 0.3) is 0 Å². The molecule has 0 aliphatic heterocycles. The molecule has 1 aromatic carbocycles. The van der Waals surface area contributed by atoms with E-state index in [2.05, 4.69) is 15.3 Å². The highest BCUT2D eigenvalue weighted by atomic mass is 35.5. The standard InChI is InChI=1S/C13H11ClFN3O/c14-11-5-9(1-3-12(11)15)2-4-13(19)17-7-10-6-16-8-18-10/h1-6,8H,7H2,(H,16,18)(H,17,19). The molecule has 0 radical (unpaired) electrons. The van der Waals surface area contributed by atoms with Gasteiger partial charge in [0.1, 0.15) is 5.82 Å². The van der Waals surface area contributed by atoms with Gasteiger partial charge in [-0.1, -0.05) is 17.7 Å². The number of nitrogens with zero attached hydrogens (tertiary/aromatic N) is 1. The van der Waals surface area contributed by atoms with Crippen molar-refractivity contribution in [3.05, 3.63) is 58.9 Å². The monoisotopic (exact) mass is 279 g/mol. The van der Waals surface area contributed by atoms with Gasteiger partial charge in [-0.2, -0.15) is 0 Å². The number of aromatic nitrogens is 2. The lowest BCUT2D eigenvalue weighted by Crippen LogP contribution is -2.20. The highest BCUT2D eigenvalue weighted by Crippen LogP contribution is 2.16. The summed E-state index contributed by atoms with van der Waals surface area (Å²) in [6.45, 7) is 0.368. The van der Waals surface area contributed by atoms with Gasteiger partial charge in [-0.05, 0) is 23.8 Å². The molecule has 2 rings (SSSR count). The van der Waals surface area contributed by atoms with E-state index in [4.69, 9.17) is 11.6 Å². The maximum Gasteiger partial charge on any atom is 0.244 e. The third kappa shape index (κ3) is 3.93. The maximum atomic E-state index is 12.9. The van der Waals surface area contributed by atoms with Gasteiger partial charge in [0, 0.05) is 12.3 Å². The Bertz CT molecular complexity index is 596. The predicted molar refractivity (Wildman–Crippen MR) is 70.9 cm³/mol. The number of hydrogen-bond acceptors (Lipinski definition) is 2. The van der Waals surface area contributed by atoms with Gasteiger partial charge in [-0.25, -0.2) is 9.37 Å². The van der Waals surface area contributed by atoms with Crippen LogP contribution in [0.1, 0.15) is 11.3 Å². The Hall–Kier alpha value is -2.14. The van der Waals surface area contributed by atoms with Crippen LogP contribution in [0.2, 0.25) is 5.02 Å². The van der Waals surface area contributed by atoms with Crippen molar-refractivity contribution in [1.29, 1.82) is 0 Å². The predicted octanol–water partition coefficient (Wildman–Crippen LogP) is 2.53. The lowest BCUT2D eigenvalue weighted by Gasteiger charge is -1.99. The topological polar surface area (TPSA) is 57.8 Å². The van der Waals surface area contributed by atoms with Crippen LogP contribution in [0.15, 0.2) is 36.8 Å². The van der Waals surface area contributed by atoms with E-state index < -0.39 is 5.82 Å². The Balaban J connectivity index is 1.90. The first-order chi connectivity index (χ1) is 9.15. The molecule has 0 saturated carbocycles. The van der Waals surface area contributed by atoms with Crippen LogP contribution in [0.25, 0.3) is 6.08 Å². The summed E-state index contributed by atoms with van der Waals surface area (Å²) in [4.78, 5) is 18.2. The minimum absolute atomic E-state index is 0.0278. The molecule has 98 valence electrons. The fraction of sp³-hybridized carbons (Fsp3) is 0.0769. The summed E-state index contributed by atoms with van der Waals surface area (Å²) in [6.07, 6.45) is 6.09. The number of imidazole rings is 1. The largest absolute Gasteiger partial charge is 0.347 e. The lowest BCUT2D eigenvalue weighted by molar-refractivity contribution is -0.116. The Morgan fingerprint density at radius 1 is 1.53 bits per heavy atom. The van der Waals surface area contributed by atoms with E-state index in [9.17, 15) is 9.18 Å². The maximum absolute atomic E-state index is 12.9. The van der Waals surface area contributed by atoms with Gasteiger partial charge in [-0.15, -0.1) is 0 Å². The van der Waals surface area contributed by atoms with E-state index in [1.54, 1.807) is 18.3 Å². The number of halogens is 2. The van der Waals surface area contributed by atoms with Crippen LogP contribution in [0, 0.1) is 5.82 Å². The SMILES string of the molecule is O=C(C=Cc1ccc(F)c(Cl)c1)NCc1cnc[nH]1. The fourth-order valence-electron chi connectivity index (χ4n) is 1.41. The quantitative estimate of drug-likeness (QED) is 0.845. The van der Waals surface area contributed by atoms with E-state index in [-0.39, 0.29) is 10.9 Å². The number of H-pyrrole nitrogens is 1. The number of nitrogens with one attached hydrogen (secondary N) is 2. The second kappa shape index (κ2) is 6.15. The first kappa shape index (κ1) is 13.3. The van der Waals surface area contributed by atoms with E-state index >= 15 is 0 Å². The summed E-state index contributed by atoms with van der Waals surface area (Å²) in [5.74, 6) is -0.738. The Labute approximate surface area is 114 Å². The van der Waals surface area contributed by atoms with Gasteiger partial charge in [0.15, 0.2) is 0 Å². The summed E-state index contributed by atoms with van der Waals surface area (Å²) in [5, 5.41) is 2.71. The molecule has 6 heteroatoms. The Morgan fingerprint density at radius 2 is 2.37 bits per heavy atom. The highest BCUT2D eigenvalue weighted by molar-refractivity contribution is 6.30. The number of carbonyl (C=O) groups excluding carboxylic acids is 1.